The van der Waals surface area contributed by atoms with Gasteiger partial charge in [-0.3, -0.25) is 9.10 Å². The highest BCUT2D eigenvalue weighted by molar-refractivity contribution is 7.92. The minimum atomic E-state index is -3.74. The first kappa shape index (κ1) is 20.9. The summed E-state index contributed by atoms with van der Waals surface area (Å²) in [6.45, 7) is 3.77. The Balaban J connectivity index is 1.85. The number of aryl methyl sites for hydroxylation is 2. The monoisotopic (exact) mass is 428 g/mol. The highest BCUT2D eigenvalue weighted by Crippen LogP contribution is 2.24. The van der Waals surface area contributed by atoms with E-state index in [2.05, 4.69) is 5.32 Å². The topological polar surface area (TPSA) is 66.5 Å². The second kappa shape index (κ2) is 8.27. The summed E-state index contributed by atoms with van der Waals surface area (Å²) >= 11 is 6.10. The minimum Gasteiger partial charge on any atom is -0.322 e. The van der Waals surface area contributed by atoms with E-state index in [4.69, 9.17) is 11.6 Å². The van der Waals surface area contributed by atoms with Crippen LogP contribution >= 0.6 is 11.6 Å². The second-order valence-electron chi connectivity index (χ2n) is 6.75. The molecule has 0 spiro atoms. The molecule has 0 fully saturated rings. The molecule has 1 amide bonds. The summed E-state index contributed by atoms with van der Waals surface area (Å²) in [7, 11) is -2.27. The van der Waals surface area contributed by atoms with Gasteiger partial charge in [0.25, 0.3) is 15.9 Å². The van der Waals surface area contributed by atoms with Gasteiger partial charge in [0.05, 0.1) is 10.6 Å². The summed E-state index contributed by atoms with van der Waals surface area (Å²) in [5, 5.41) is 3.33. The Bertz CT molecular complexity index is 1160. The maximum atomic E-state index is 12.9. The maximum Gasteiger partial charge on any atom is 0.264 e. The molecule has 0 saturated carbocycles. The van der Waals surface area contributed by atoms with Crippen LogP contribution in [0.5, 0.6) is 0 Å². The molecule has 150 valence electrons. The first-order valence-corrected chi connectivity index (χ1v) is 10.7. The van der Waals surface area contributed by atoms with Crippen molar-refractivity contribution in [2.75, 3.05) is 16.7 Å². The highest BCUT2D eigenvalue weighted by atomic mass is 35.5. The van der Waals surface area contributed by atoms with Crippen LogP contribution in [0.4, 0.5) is 11.4 Å². The van der Waals surface area contributed by atoms with Crippen LogP contribution < -0.4 is 9.62 Å². The number of nitrogens with one attached hydrogen (secondary N) is 1. The number of hydrogen-bond acceptors (Lipinski definition) is 3. The van der Waals surface area contributed by atoms with E-state index in [0.717, 1.165) is 15.4 Å². The number of nitrogens with zero attached hydrogens (tertiary/aromatic N) is 1. The summed E-state index contributed by atoms with van der Waals surface area (Å²) < 4.78 is 27.0. The van der Waals surface area contributed by atoms with Gasteiger partial charge in [0.1, 0.15) is 0 Å². The van der Waals surface area contributed by atoms with E-state index in [1.54, 1.807) is 54.6 Å². The number of rotatable bonds is 5. The predicted octanol–water partition coefficient (Wildman–Crippen LogP) is 5.03. The molecule has 0 aliphatic rings. The number of benzene rings is 3. The lowest BCUT2D eigenvalue weighted by Gasteiger charge is -2.20. The Morgan fingerprint density at radius 3 is 2.31 bits per heavy atom. The highest BCUT2D eigenvalue weighted by Gasteiger charge is 2.22. The molecular weight excluding hydrogens is 408 g/mol. The number of carbonyl (C=O) groups excluding carboxylic acids is 1. The molecule has 7 heteroatoms. The number of amides is 1. The lowest BCUT2D eigenvalue weighted by atomic mass is 10.1. The van der Waals surface area contributed by atoms with Gasteiger partial charge in [-0.1, -0.05) is 41.4 Å². The number of hydrogen-bond donors (Lipinski definition) is 1. The maximum absolute atomic E-state index is 12.9. The minimum absolute atomic E-state index is 0.190. The lowest BCUT2D eigenvalue weighted by Crippen LogP contribution is -2.26. The Kier molecular flexibility index (Phi) is 5.96. The molecule has 0 bridgehead atoms. The quantitative estimate of drug-likeness (QED) is 0.619. The lowest BCUT2D eigenvalue weighted by molar-refractivity contribution is 0.102. The van der Waals surface area contributed by atoms with E-state index >= 15 is 0 Å². The van der Waals surface area contributed by atoms with E-state index < -0.39 is 10.0 Å². The van der Waals surface area contributed by atoms with Crippen molar-refractivity contribution < 1.29 is 13.2 Å². The molecule has 0 heterocycles. The van der Waals surface area contributed by atoms with Gasteiger partial charge in [0, 0.05) is 23.3 Å². The summed E-state index contributed by atoms with van der Waals surface area (Å²) in [6.07, 6.45) is 0. The van der Waals surface area contributed by atoms with Crippen LogP contribution in [0.25, 0.3) is 0 Å². The Morgan fingerprint density at radius 2 is 1.66 bits per heavy atom. The van der Waals surface area contributed by atoms with Crippen molar-refractivity contribution >= 4 is 38.9 Å². The molecule has 1 N–H and O–H groups in total. The van der Waals surface area contributed by atoms with Gasteiger partial charge in [-0.15, -0.1) is 0 Å². The third kappa shape index (κ3) is 4.60. The van der Waals surface area contributed by atoms with Crippen LogP contribution in [0, 0.1) is 13.8 Å². The first-order chi connectivity index (χ1) is 13.7. The normalized spacial score (nSPS) is 11.2. The third-order valence-corrected chi connectivity index (χ3v) is 6.79. The number of sulfonamides is 1. The largest absolute Gasteiger partial charge is 0.322 e. The fourth-order valence-corrected chi connectivity index (χ4v) is 4.09. The number of anilines is 2. The van der Waals surface area contributed by atoms with Gasteiger partial charge in [-0.05, 0) is 61.9 Å². The van der Waals surface area contributed by atoms with Crippen molar-refractivity contribution in [3.8, 4) is 0 Å². The van der Waals surface area contributed by atoms with Crippen molar-refractivity contribution in [1.29, 1.82) is 0 Å². The van der Waals surface area contributed by atoms with E-state index in [0.29, 0.717) is 22.0 Å². The smallest absolute Gasteiger partial charge is 0.264 e. The molecular formula is C22H21ClN2O3S. The van der Waals surface area contributed by atoms with Gasteiger partial charge < -0.3 is 5.32 Å². The van der Waals surface area contributed by atoms with Gasteiger partial charge in [-0.25, -0.2) is 8.42 Å². The molecule has 5 nitrogen and oxygen atoms in total. The zero-order valence-corrected chi connectivity index (χ0v) is 17.9. The Morgan fingerprint density at radius 1 is 0.966 bits per heavy atom. The predicted molar refractivity (Wildman–Crippen MR) is 117 cm³/mol. The van der Waals surface area contributed by atoms with Crippen molar-refractivity contribution in [3.05, 3.63) is 88.4 Å². The summed E-state index contributed by atoms with van der Waals surface area (Å²) in [5.41, 5.74) is 3.18. The van der Waals surface area contributed by atoms with Gasteiger partial charge in [-0.2, -0.15) is 0 Å². The van der Waals surface area contributed by atoms with Crippen molar-refractivity contribution in [2.24, 2.45) is 0 Å². The molecule has 29 heavy (non-hydrogen) atoms. The van der Waals surface area contributed by atoms with Gasteiger partial charge >= 0.3 is 0 Å². The fraction of sp³-hybridized carbons (Fsp3) is 0.136. The first-order valence-electron chi connectivity index (χ1n) is 8.91. The van der Waals surface area contributed by atoms with Gasteiger partial charge in [0.15, 0.2) is 0 Å². The number of carbonyl (C=O) groups is 1. The van der Waals surface area contributed by atoms with Crippen LogP contribution in [-0.4, -0.2) is 21.4 Å². The van der Waals surface area contributed by atoms with Crippen molar-refractivity contribution in [3.63, 3.8) is 0 Å². The average Bonchev–Trinajstić information content (AvgIpc) is 2.70. The zero-order chi connectivity index (χ0) is 21.2. The zero-order valence-electron chi connectivity index (χ0n) is 16.3. The molecule has 0 radical (unpaired) electrons. The van der Waals surface area contributed by atoms with Crippen molar-refractivity contribution in [1.82, 2.24) is 0 Å². The van der Waals surface area contributed by atoms with E-state index in [1.165, 1.54) is 13.1 Å². The summed E-state index contributed by atoms with van der Waals surface area (Å²) in [6, 6.07) is 18.3. The summed E-state index contributed by atoms with van der Waals surface area (Å²) in [4.78, 5) is 12.8. The van der Waals surface area contributed by atoms with E-state index in [9.17, 15) is 13.2 Å². The van der Waals surface area contributed by atoms with Crippen LogP contribution in [0.1, 0.15) is 21.5 Å². The fourth-order valence-electron chi connectivity index (χ4n) is 2.72. The molecule has 3 aromatic carbocycles. The van der Waals surface area contributed by atoms with Crippen molar-refractivity contribution in [2.45, 2.75) is 18.7 Å². The number of halogens is 1. The standard InChI is InChI=1S/C22H21ClN2O3S/c1-15-7-11-20(12-8-15)29(27,28)25(3)19-6-4-5-17(13-19)22(26)24-18-10-9-16(2)21(23)14-18/h4-14H,1-3H3,(H,24,26). The van der Waals surface area contributed by atoms with Crippen LogP contribution in [0.15, 0.2) is 71.6 Å². The molecule has 0 aliphatic carbocycles. The third-order valence-electron chi connectivity index (χ3n) is 4.58. The Labute approximate surface area is 176 Å². The molecule has 3 aromatic rings. The average molecular weight is 429 g/mol. The molecule has 3 rings (SSSR count). The van der Waals surface area contributed by atoms with E-state index in [1.807, 2.05) is 19.9 Å². The molecule has 0 saturated heterocycles. The van der Waals surface area contributed by atoms with E-state index in [-0.39, 0.29) is 10.8 Å². The Hall–Kier alpha value is -2.83. The summed E-state index contributed by atoms with van der Waals surface area (Å²) in [5.74, 6) is -0.354. The second-order valence-corrected chi connectivity index (χ2v) is 9.13. The molecule has 0 unspecified atom stereocenters. The molecule has 0 atom stereocenters. The van der Waals surface area contributed by atoms with Gasteiger partial charge in [0.2, 0.25) is 0 Å². The SMILES string of the molecule is Cc1ccc(S(=O)(=O)N(C)c2cccc(C(=O)Nc3ccc(C)c(Cl)c3)c2)cc1. The molecule has 0 aromatic heterocycles. The van der Waals surface area contributed by atoms with Crippen LogP contribution in [-0.2, 0) is 10.0 Å². The van der Waals surface area contributed by atoms with Crippen LogP contribution in [0.2, 0.25) is 5.02 Å². The molecule has 0 aliphatic heterocycles. The van der Waals surface area contributed by atoms with Crippen LogP contribution in [0.3, 0.4) is 0 Å².